The van der Waals surface area contributed by atoms with E-state index in [0.29, 0.717) is 24.1 Å². The van der Waals surface area contributed by atoms with Crippen LogP contribution in [0.5, 0.6) is 5.88 Å². The zero-order valence-corrected chi connectivity index (χ0v) is 12.5. The molecular weight excluding hydrogens is 262 g/mol. The normalized spacial score (nSPS) is 14.0. The SMILES string of the molecule is Cc1ccc(Nc2ccc(N)c(OCC3CC3)n2)c(C)c1. The molecule has 0 radical (unpaired) electrons. The Balaban J connectivity index is 1.76. The second kappa shape index (κ2) is 5.64. The quantitative estimate of drug-likeness (QED) is 0.876. The fourth-order valence-electron chi connectivity index (χ4n) is 2.21. The van der Waals surface area contributed by atoms with Crippen LogP contribution in [0.3, 0.4) is 0 Å². The molecule has 0 aliphatic heterocycles. The maximum absolute atomic E-state index is 5.92. The van der Waals surface area contributed by atoms with Crippen molar-refractivity contribution in [3.8, 4) is 5.88 Å². The summed E-state index contributed by atoms with van der Waals surface area (Å²) in [6.07, 6.45) is 2.50. The highest BCUT2D eigenvalue weighted by atomic mass is 16.5. The number of anilines is 3. The molecule has 1 aromatic carbocycles. The van der Waals surface area contributed by atoms with Crippen LogP contribution in [0.2, 0.25) is 0 Å². The van der Waals surface area contributed by atoms with Crippen molar-refractivity contribution < 1.29 is 4.74 Å². The minimum Gasteiger partial charge on any atom is -0.476 e. The molecule has 1 saturated carbocycles. The van der Waals surface area contributed by atoms with Gasteiger partial charge in [-0.05, 0) is 56.4 Å². The molecule has 0 amide bonds. The number of nitrogens with zero attached hydrogens (tertiary/aromatic N) is 1. The van der Waals surface area contributed by atoms with Crippen molar-refractivity contribution >= 4 is 17.2 Å². The Kier molecular flexibility index (Phi) is 3.69. The Labute approximate surface area is 125 Å². The molecule has 0 bridgehead atoms. The topological polar surface area (TPSA) is 60.2 Å². The van der Waals surface area contributed by atoms with Crippen LogP contribution in [0.25, 0.3) is 0 Å². The lowest BCUT2D eigenvalue weighted by Gasteiger charge is -2.12. The van der Waals surface area contributed by atoms with Gasteiger partial charge in [0.2, 0.25) is 5.88 Å². The van der Waals surface area contributed by atoms with Gasteiger partial charge in [-0.2, -0.15) is 4.98 Å². The number of hydrogen-bond donors (Lipinski definition) is 2. The summed E-state index contributed by atoms with van der Waals surface area (Å²) in [4.78, 5) is 4.47. The minimum absolute atomic E-state index is 0.525. The number of rotatable bonds is 5. The smallest absolute Gasteiger partial charge is 0.239 e. The zero-order chi connectivity index (χ0) is 14.8. The first-order valence-electron chi connectivity index (χ1n) is 7.35. The number of aryl methyl sites for hydroxylation is 2. The highest BCUT2D eigenvalue weighted by molar-refractivity contribution is 5.63. The second-order valence-corrected chi connectivity index (χ2v) is 5.79. The van der Waals surface area contributed by atoms with Crippen molar-refractivity contribution in [2.24, 2.45) is 5.92 Å². The molecule has 4 heteroatoms. The van der Waals surface area contributed by atoms with E-state index in [1.54, 1.807) is 0 Å². The Morgan fingerprint density at radius 2 is 2.05 bits per heavy atom. The van der Waals surface area contributed by atoms with Gasteiger partial charge in [0.1, 0.15) is 5.82 Å². The molecule has 4 nitrogen and oxygen atoms in total. The van der Waals surface area contributed by atoms with Gasteiger partial charge in [-0.25, -0.2) is 0 Å². The standard InChI is InChI=1S/C17H21N3O/c1-11-3-7-15(12(2)9-11)19-16-8-6-14(18)17(20-16)21-10-13-4-5-13/h3,6-9,13H,4-5,10,18H2,1-2H3,(H,19,20). The van der Waals surface area contributed by atoms with Crippen molar-refractivity contribution in [2.45, 2.75) is 26.7 Å². The summed E-state index contributed by atoms with van der Waals surface area (Å²) in [5.74, 6) is 1.96. The number of benzene rings is 1. The third-order valence-electron chi connectivity index (χ3n) is 3.69. The fourth-order valence-corrected chi connectivity index (χ4v) is 2.21. The summed E-state index contributed by atoms with van der Waals surface area (Å²) in [5, 5.41) is 3.32. The molecule has 0 atom stereocenters. The predicted octanol–water partition coefficient (Wildman–Crippen LogP) is 3.81. The van der Waals surface area contributed by atoms with E-state index < -0.39 is 0 Å². The molecule has 0 unspecified atom stereocenters. The van der Waals surface area contributed by atoms with Crippen LogP contribution < -0.4 is 15.8 Å². The van der Waals surface area contributed by atoms with Gasteiger partial charge in [-0.1, -0.05) is 17.7 Å². The van der Waals surface area contributed by atoms with Crippen LogP contribution in [0, 0.1) is 19.8 Å². The number of pyridine rings is 1. The van der Waals surface area contributed by atoms with Crippen LogP contribution in [-0.2, 0) is 0 Å². The molecule has 1 heterocycles. The summed E-state index contributed by atoms with van der Waals surface area (Å²) in [7, 11) is 0. The summed E-state index contributed by atoms with van der Waals surface area (Å²) < 4.78 is 5.71. The first-order chi connectivity index (χ1) is 10.1. The highest BCUT2D eigenvalue weighted by Gasteiger charge is 2.22. The Hall–Kier alpha value is -2.23. The summed E-state index contributed by atoms with van der Waals surface area (Å²) in [5.41, 5.74) is 9.99. The summed E-state index contributed by atoms with van der Waals surface area (Å²) in [6.45, 7) is 4.88. The maximum atomic E-state index is 5.92. The van der Waals surface area contributed by atoms with Crippen molar-refractivity contribution in [1.82, 2.24) is 4.98 Å². The van der Waals surface area contributed by atoms with Crippen LogP contribution in [0.1, 0.15) is 24.0 Å². The maximum Gasteiger partial charge on any atom is 0.239 e. The largest absolute Gasteiger partial charge is 0.476 e. The third kappa shape index (κ3) is 3.45. The van der Waals surface area contributed by atoms with Gasteiger partial charge < -0.3 is 15.8 Å². The number of nitrogens with one attached hydrogen (secondary N) is 1. The van der Waals surface area contributed by atoms with Gasteiger partial charge in [-0.3, -0.25) is 0 Å². The molecule has 0 spiro atoms. The Morgan fingerprint density at radius 1 is 1.24 bits per heavy atom. The second-order valence-electron chi connectivity index (χ2n) is 5.79. The molecule has 21 heavy (non-hydrogen) atoms. The van der Waals surface area contributed by atoms with E-state index >= 15 is 0 Å². The van der Waals surface area contributed by atoms with E-state index in [9.17, 15) is 0 Å². The van der Waals surface area contributed by atoms with E-state index in [4.69, 9.17) is 10.5 Å². The van der Waals surface area contributed by atoms with E-state index in [1.165, 1.54) is 24.0 Å². The number of nitrogens with two attached hydrogens (primary N) is 1. The lowest BCUT2D eigenvalue weighted by Crippen LogP contribution is -2.05. The van der Waals surface area contributed by atoms with Crippen molar-refractivity contribution in [3.05, 3.63) is 41.5 Å². The average Bonchev–Trinajstić information content (AvgIpc) is 3.26. The molecule has 3 N–H and O–H groups in total. The summed E-state index contributed by atoms with van der Waals surface area (Å²) in [6, 6.07) is 9.99. The number of nitrogen functional groups attached to an aromatic ring is 1. The lowest BCUT2D eigenvalue weighted by atomic mass is 10.1. The molecule has 110 valence electrons. The molecule has 1 fully saturated rings. The highest BCUT2D eigenvalue weighted by Crippen LogP contribution is 2.31. The van der Waals surface area contributed by atoms with Crippen LogP contribution in [0.4, 0.5) is 17.2 Å². The fraction of sp³-hybridized carbons (Fsp3) is 0.353. The van der Waals surface area contributed by atoms with Crippen molar-refractivity contribution in [3.63, 3.8) is 0 Å². The van der Waals surface area contributed by atoms with Crippen LogP contribution in [0.15, 0.2) is 30.3 Å². The van der Waals surface area contributed by atoms with E-state index in [1.807, 2.05) is 12.1 Å². The summed E-state index contributed by atoms with van der Waals surface area (Å²) >= 11 is 0. The van der Waals surface area contributed by atoms with Gasteiger partial charge in [0, 0.05) is 5.69 Å². The number of aromatic nitrogens is 1. The Bertz CT molecular complexity index is 650. The van der Waals surface area contributed by atoms with Crippen LogP contribution >= 0.6 is 0 Å². The van der Waals surface area contributed by atoms with Crippen LogP contribution in [-0.4, -0.2) is 11.6 Å². The lowest BCUT2D eigenvalue weighted by molar-refractivity contribution is 0.290. The zero-order valence-electron chi connectivity index (χ0n) is 12.5. The van der Waals surface area contributed by atoms with Gasteiger partial charge in [0.15, 0.2) is 0 Å². The van der Waals surface area contributed by atoms with Gasteiger partial charge in [-0.15, -0.1) is 0 Å². The first-order valence-corrected chi connectivity index (χ1v) is 7.35. The molecular formula is C17H21N3O. The predicted molar refractivity (Wildman–Crippen MR) is 86.1 cm³/mol. The van der Waals surface area contributed by atoms with Crippen molar-refractivity contribution in [1.29, 1.82) is 0 Å². The molecule has 1 aliphatic carbocycles. The van der Waals surface area contributed by atoms with Gasteiger partial charge in [0.25, 0.3) is 0 Å². The third-order valence-corrected chi connectivity index (χ3v) is 3.69. The van der Waals surface area contributed by atoms with E-state index in [2.05, 4.69) is 42.3 Å². The Morgan fingerprint density at radius 3 is 2.76 bits per heavy atom. The van der Waals surface area contributed by atoms with Gasteiger partial charge >= 0.3 is 0 Å². The van der Waals surface area contributed by atoms with Crippen molar-refractivity contribution in [2.75, 3.05) is 17.7 Å². The molecule has 0 saturated heterocycles. The number of hydrogen-bond acceptors (Lipinski definition) is 4. The number of ether oxygens (including phenoxy) is 1. The monoisotopic (exact) mass is 283 g/mol. The average molecular weight is 283 g/mol. The molecule has 1 aromatic heterocycles. The van der Waals surface area contributed by atoms with Gasteiger partial charge in [0.05, 0.1) is 12.3 Å². The molecule has 3 rings (SSSR count). The molecule has 2 aromatic rings. The minimum atomic E-state index is 0.525. The van der Waals surface area contributed by atoms with E-state index in [0.717, 1.165) is 11.5 Å². The molecule has 1 aliphatic rings. The van der Waals surface area contributed by atoms with E-state index in [-0.39, 0.29) is 0 Å². The first kappa shape index (κ1) is 13.7.